The fourth-order valence-corrected chi connectivity index (χ4v) is 4.18. The number of carbonyl (C=O) groups is 1. The molecule has 7 heteroatoms. The molecule has 4 rings (SSSR count). The van der Waals surface area contributed by atoms with Crippen LogP contribution in [0.3, 0.4) is 0 Å². The first kappa shape index (κ1) is 20.1. The summed E-state index contributed by atoms with van der Waals surface area (Å²) in [6.45, 7) is 0. The summed E-state index contributed by atoms with van der Waals surface area (Å²) in [5.41, 5.74) is 6.59. The molecule has 0 fully saturated rings. The van der Waals surface area contributed by atoms with Crippen molar-refractivity contribution < 1.29 is 9.90 Å². The minimum atomic E-state index is -0.195. The maximum absolute atomic E-state index is 12.3. The molecule has 0 aliphatic heterocycles. The van der Waals surface area contributed by atoms with Crippen LogP contribution >= 0.6 is 11.8 Å². The predicted molar refractivity (Wildman–Crippen MR) is 119 cm³/mol. The highest BCUT2D eigenvalue weighted by Gasteiger charge is 2.19. The monoisotopic (exact) mass is 418 g/mol. The zero-order chi connectivity index (χ0) is 20.8. The van der Waals surface area contributed by atoms with E-state index in [1.54, 1.807) is 30.5 Å². The number of nitrogens with zero attached hydrogens (tertiary/aromatic N) is 3. The van der Waals surface area contributed by atoms with Gasteiger partial charge in [-0.2, -0.15) is 5.10 Å². The van der Waals surface area contributed by atoms with Crippen molar-refractivity contribution in [2.75, 3.05) is 5.75 Å². The van der Waals surface area contributed by atoms with E-state index in [4.69, 9.17) is 9.97 Å². The van der Waals surface area contributed by atoms with Gasteiger partial charge in [0.15, 0.2) is 5.82 Å². The van der Waals surface area contributed by atoms with Gasteiger partial charge in [-0.3, -0.25) is 4.79 Å². The van der Waals surface area contributed by atoms with Gasteiger partial charge < -0.3 is 5.11 Å². The molecular weight excluding hydrogens is 396 g/mol. The number of fused-ring (bicyclic) bond motifs is 1. The van der Waals surface area contributed by atoms with E-state index < -0.39 is 0 Å². The van der Waals surface area contributed by atoms with Gasteiger partial charge in [0.05, 0.1) is 12.0 Å². The lowest BCUT2D eigenvalue weighted by Crippen LogP contribution is -2.20. The lowest BCUT2D eigenvalue weighted by atomic mass is 9.97. The molecule has 0 atom stereocenters. The van der Waals surface area contributed by atoms with Crippen LogP contribution in [0.15, 0.2) is 64.7 Å². The van der Waals surface area contributed by atoms with E-state index in [0.29, 0.717) is 5.82 Å². The maximum Gasteiger partial charge on any atom is 0.250 e. The van der Waals surface area contributed by atoms with E-state index >= 15 is 0 Å². The van der Waals surface area contributed by atoms with Crippen molar-refractivity contribution in [2.45, 2.75) is 30.7 Å². The average molecular weight is 419 g/mol. The molecule has 3 aromatic rings. The second-order valence-corrected chi connectivity index (χ2v) is 7.99. The van der Waals surface area contributed by atoms with Crippen molar-refractivity contribution in [3.63, 3.8) is 0 Å². The minimum Gasteiger partial charge on any atom is -0.508 e. The number of rotatable bonds is 6. The van der Waals surface area contributed by atoms with E-state index in [2.05, 4.69) is 10.5 Å². The Kier molecular flexibility index (Phi) is 6.39. The highest BCUT2D eigenvalue weighted by atomic mass is 32.2. The van der Waals surface area contributed by atoms with Crippen molar-refractivity contribution in [1.29, 1.82) is 0 Å². The van der Waals surface area contributed by atoms with Gasteiger partial charge in [-0.1, -0.05) is 42.1 Å². The van der Waals surface area contributed by atoms with Crippen molar-refractivity contribution in [2.24, 2.45) is 5.10 Å². The summed E-state index contributed by atoms with van der Waals surface area (Å²) in [6, 6.07) is 16.5. The van der Waals surface area contributed by atoms with Gasteiger partial charge in [-0.25, -0.2) is 15.4 Å². The van der Waals surface area contributed by atoms with Gasteiger partial charge in [0.1, 0.15) is 10.8 Å². The molecule has 1 heterocycles. The van der Waals surface area contributed by atoms with Crippen LogP contribution in [-0.4, -0.2) is 32.9 Å². The highest BCUT2D eigenvalue weighted by Crippen LogP contribution is 2.31. The normalized spacial score (nSPS) is 13.2. The van der Waals surface area contributed by atoms with Crippen molar-refractivity contribution in [3.05, 3.63) is 71.4 Å². The summed E-state index contributed by atoms with van der Waals surface area (Å²) in [7, 11) is 0. The third kappa shape index (κ3) is 5.04. The molecule has 0 bridgehead atoms. The molecule has 2 aromatic carbocycles. The van der Waals surface area contributed by atoms with Crippen molar-refractivity contribution >= 4 is 23.9 Å². The van der Waals surface area contributed by atoms with E-state index in [0.717, 1.165) is 47.5 Å². The fourth-order valence-electron chi connectivity index (χ4n) is 3.30. The van der Waals surface area contributed by atoms with Crippen LogP contribution in [0.2, 0.25) is 0 Å². The number of phenols is 1. The van der Waals surface area contributed by atoms with Crippen LogP contribution < -0.4 is 5.43 Å². The molecule has 0 radical (unpaired) electrons. The molecule has 1 aliphatic rings. The molecule has 0 saturated carbocycles. The predicted octanol–water partition coefficient (Wildman–Crippen LogP) is 3.97. The van der Waals surface area contributed by atoms with E-state index in [-0.39, 0.29) is 17.4 Å². The first-order valence-corrected chi connectivity index (χ1v) is 10.9. The Morgan fingerprint density at radius 2 is 1.83 bits per heavy atom. The Labute approximate surface area is 179 Å². The Morgan fingerprint density at radius 1 is 1.07 bits per heavy atom. The summed E-state index contributed by atoms with van der Waals surface area (Å²) in [5, 5.41) is 14.2. The smallest absolute Gasteiger partial charge is 0.250 e. The molecule has 30 heavy (non-hydrogen) atoms. The van der Waals surface area contributed by atoms with Gasteiger partial charge in [0, 0.05) is 16.8 Å². The van der Waals surface area contributed by atoms with Crippen LogP contribution in [-0.2, 0) is 17.6 Å². The number of aromatic nitrogens is 2. The molecule has 2 N–H and O–H groups in total. The van der Waals surface area contributed by atoms with Gasteiger partial charge in [0.2, 0.25) is 5.91 Å². The number of aryl methyl sites for hydroxylation is 1. The topological polar surface area (TPSA) is 87.5 Å². The van der Waals surface area contributed by atoms with Gasteiger partial charge in [0.25, 0.3) is 0 Å². The second-order valence-electron chi connectivity index (χ2n) is 7.02. The summed E-state index contributed by atoms with van der Waals surface area (Å²) in [4.78, 5) is 21.8. The molecule has 1 aromatic heterocycles. The quantitative estimate of drug-likeness (QED) is 0.274. The summed E-state index contributed by atoms with van der Waals surface area (Å²) in [5.74, 6) is 0.935. The molecule has 1 aliphatic carbocycles. The standard InChI is InChI=1S/C23H22N4O2S/c28-18-12-10-16(11-13-18)14-24-27-21(29)15-30-23-19-8-4-5-9-20(19)25-22(26-23)17-6-2-1-3-7-17/h1-3,6-7,10-14,28H,4-5,8-9,15H2,(H,27,29). The fraction of sp³-hybridized carbons (Fsp3) is 0.217. The molecule has 6 nitrogen and oxygen atoms in total. The van der Waals surface area contributed by atoms with Crippen LogP contribution in [0, 0.1) is 0 Å². The molecule has 0 saturated heterocycles. The Bertz CT molecular complexity index is 1050. The number of carbonyl (C=O) groups excluding carboxylic acids is 1. The number of aromatic hydroxyl groups is 1. The van der Waals surface area contributed by atoms with Crippen LogP contribution in [0.4, 0.5) is 0 Å². The van der Waals surface area contributed by atoms with Crippen LogP contribution in [0.5, 0.6) is 5.75 Å². The number of thioether (sulfide) groups is 1. The highest BCUT2D eigenvalue weighted by molar-refractivity contribution is 7.99. The van der Waals surface area contributed by atoms with Gasteiger partial charge in [-0.05, 0) is 55.5 Å². The minimum absolute atomic E-state index is 0.190. The first-order chi connectivity index (χ1) is 14.7. The lowest BCUT2D eigenvalue weighted by Gasteiger charge is -2.18. The average Bonchev–Trinajstić information content (AvgIpc) is 2.79. The van der Waals surface area contributed by atoms with Crippen LogP contribution in [0.25, 0.3) is 11.4 Å². The Hall–Kier alpha value is -3.19. The van der Waals surface area contributed by atoms with E-state index in [9.17, 15) is 9.90 Å². The third-order valence-electron chi connectivity index (χ3n) is 4.81. The zero-order valence-electron chi connectivity index (χ0n) is 16.4. The van der Waals surface area contributed by atoms with Crippen molar-refractivity contribution in [1.82, 2.24) is 15.4 Å². The zero-order valence-corrected chi connectivity index (χ0v) is 17.2. The number of hydrogen-bond acceptors (Lipinski definition) is 6. The van der Waals surface area contributed by atoms with Crippen molar-refractivity contribution in [3.8, 4) is 17.1 Å². The second kappa shape index (κ2) is 9.54. The lowest BCUT2D eigenvalue weighted by molar-refractivity contribution is -0.118. The first-order valence-electron chi connectivity index (χ1n) is 9.88. The molecular formula is C23H22N4O2S. The van der Waals surface area contributed by atoms with E-state index in [1.807, 2.05) is 30.3 Å². The number of amides is 1. The number of phenolic OH excluding ortho intramolecular Hbond substituents is 1. The third-order valence-corrected chi connectivity index (χ3v) is 5.83. The number of benzene rings is 2. The largest absolute Gasteiger partial charge is 0.508 e. The number of hydrogen-bond donors (Lipinski definition) is 2. The Morgan fingerprint density at radius 3 is 2.63 bits per heavy atom. The summed E-state index contributed by atoms with van der Waals surface area (Å²) < 4.78 is 0. The maximum atomic E-state index is 12.3. The van der Waals surface area contributed by atoms with Gasteiger partial charge in [-0.15, -0.1) is 0 Å². The number of nitrogens with one attached hydrogen (secondary N) is 1. The Balaban J connectivity index is 1.44. The van der Waals surface area contributed by atoms with Gasteiger partial charge >= 0.3 is 0 Å². The molecule has 152 valence electrons. The molecule has 0 unspecified atom stereocenters. The summed E-state index contributed by atoms with van der Waals surface area (Å²) >= 11 is 1.43. The SMILES string of the molecule is O=C(CSc1nc(-c2ccccc2)nc2c1CCCC2)NN=Cc1ccc(O)cc1. The summed E-state index contributed by atoms with van der Waals surface area (Å²) in [6.07, 6.45) is 5.70. The number of hydrazone groups is 1. The molecule has 0 spiro atoms. The van der Waals surface area contributed by atoms with E-state index in [1.165, 1.54) is 17.3 Å². The molecule has 1 amide bonds. The van der Waals surface area contributed by atoms with Crippen LogP contribution in [0.1, 0.15) is 29.7 Å².